The minimum atomic E-state index is -0.112. The monoisotopic (exact) mass is 453 g/mol. The Bertz CT molecular complexity index is 883. The number of ether oxygens (including phenoxy) is 1. The SMILES string of the molecule is CC(C)(C)c1ccc(OCCCC(=O)NC(=S)Nc2ccc(N3CCCCC3)cc2)cc1. The summed E-state index contributed by atoms with van der Waals surface area (Å²) in [6.45, 7) is 9.28. The van der Waals surface area contributed by atoms with Crippen molar-refractivity contribution in [2.75, 3.05) is 29.9 Å². The number of nitrogens with zero attached hydrogens (tertiary/aromatic N) is 1. The van der Waals surface area contributed by atoms with E-state index in [4.69, 9.17) is 17.0 Å². The van der Waals surface area contributed by atoms with Gasteiger partial charge in [-0.05, 0) is 85.3 Å². The van der Waals surface area contributed by atoms with Crippen LogP contribution in [0, 0.1) is 0 Å². The van der Waals surface area contributed by atoms with Gasteiger partial charge in [-0.1, -0.05) is 32.9 Å². The fraction of sp³-hybridized carbons (Fsp3) is 0.462. The molecule has 1 aliphatic rings. The zero-order chi connectivity index (χ0) is 23.0. The number of anilines is 2. The Balaban J connectivity index is 1.34. The molecule has 172 valence electrons. The van der Waals surface area contributed by atoms with E-state index in [1.165, 1.54) is 30.5 Å². The van der Waals surface area contributed by atoms with Crippen molar-refractivity contribution in [2.24, 2.45) is 0 Å². The first-order valence-corrected chi connectivity index (χ1v) is 11.9. The molecule has 1 heterocycles. The summed E-state index contributed by atoms with van der Waals surface area (Å²) in [5.41, 5.74) is 3.50. The number of benzene rings is 2. The Hall–Kier alpha value is -2.60. The summed E-state index contributed by atoms with van der Waals surface area (Å²) >= 11 is 5.28. The lowest BCUT2D eigenvalue weighted by Crippen LogP contribution is -2.34. The van der Waals surface area contributed by atoms with Crippen LogP contribution in [0.5, 0.6) is 5.75 Å². The Kier molecular flexibility index (Phi) is 8.51. The molecule has 2 N–H and O–H groups in total. The molecule has 0 radical (unpaired) electrons. The second-order valence-corrected chi connectivity index (χ2v) is 9.73. The van der Waals surface area contributed by atoms with Crippen molar-refractivity contribution in [3.05, 3.63) is 54.1 Å². The number of hydrogen-bond acceptors (Lipinski definition) is 4. The topological polar surface area (TPSA) is 53.6 Å². The van der Waals surface area contributed by atoms with Crippen molar-refractivity contribution in [1.82, 2.24) is 5.32 Å². The standard InChI is InChI=1S/C26H35N3O2S/c1-26(2,3)20-9-15-23(16-10-20)31-19-7-8-24(30)28-25(32)27-21-11-13-22(14-12-21)29-17-5-4-6-18-29/h9-16H,4-8,17-19H2,1-3H3,(H2,27,28,30,32). The van der Waals surface area contributed by atoms with Gasteiger partial charge in [0.2, 0.25) is 5.91 Å². The predicted molar refractivity (Wildman–Crippen MR) is 137 cm³/mol. The minimum Gasteiger partial charge on any atom is -0.494 e. The summed E-state index contributed by atoms with van der Waals surface area (Å²) in [5, 5.41) is 6.15. The maximum Gasteiger partial charge on any atom is 0.226 e. The van der Waals surface area contributed by atoms with Gasteiger partial charge in [-0.2, -0.15) is 0 Å². The van der Waals surface area contributed by atoms with Gasteiger partial charge in [0, 0.05) is 30.9 Å². The van der Waals surface area contributed by atoms with Crippen LogP contribution in [0.15, 0.2) is 48.5 Å². The molecule has 2 aromatic carbocycles. The van der Waals surface area contributed by atoms with Crippen LogP contribution in [0.3, 0.4) is 0 Å². The molecule has 1 aliphatic heterocycles. The van der Waals surface area contributed by atoms with E-state index >= 15 is 0 Å². The van der Waals surface area contributed by atoms with Crippen LogP contribution in [0.2, 0.25) is 0 Å². The summed E-state index contributed by atoms with van der Waals surface area (Å²) < 4.78 is 5.75. The molecular weight excluding hydrogens is 418 g/mol. The van der Waals surface area contributed by atoms with Crippen LogP contribution in [-0.4, -0.2) is 30.7 Å². The molecule has 1 fully saturated rings. The van der Waals surface area contributed by atoms with Crippen molar-refractivity contribution < 1.29 is 9.53 Å². The van der Waals surface area contributed by atoms with Gasteiger partial charge in [0.05, 0.1) is 6.61 Å². The molecule has 5 nitrogen and oxygen atoms in total. The number of thiocarbonyl (C=S) groups is 1. The van der Waals surface area contributed by atoms with Gasteiger partial charge in [0.25, 0.3) is 0 Å². The number of hydrogen-bond donors (Lipinski definition) is 2. The average Bonchev–Trinajstić information content (AvgIpc) is 2.77. The van der Waals surface area contributed by atoms with Crippen molar-refractivity contribution in [1.29, 1.82) is 0 Å². The van der Waals surface area contributed by atoms with Crippen molar-refractivity contribution >= 4 is 34.6 Å². The van der Waals surface area contributed by atoms with E-state index in [9.17, 15) is 4.79 Å². The number of nitrogens with one attached hydrogen (secondary N) is 2. The molecule has 0 unspecified atom stereocenters. The normalized spacial score (nSPS) is 14.0. The number of carbonyl (C=O) groups is 1. The lowest BCUT2D eigenvalue weighted by molar-refractivity contribution is -0.119. The van der Waals surface area contributed by atoms with Gasteiger partial charge in [0.1, 0.15) is 5.75 Å². The highest BCUT2D eigenvalue weighted by Crippen LogP contribution is 2.24. The zero-order valence-electron chi connectivity index (χ0n) is 19.4. The van der Waals surface area contributed by atoms with Crippen molar-refractivity contribution in [2.45, 2.75) is 58.3 Å². The second-order valence-electron chi connectivity index (χ2n) is 9.32. The third-order valence-electron chi connectivity index (χ3n) is 5.64. The van der Waals surface area contributed by atoms with E-state index in [-0.39, 0.29) is 11.3 Å². The van der Waals surface area contributed by atoms with E-state index in [1.54, 1.807) is 0 Å². The molecule has 0 saturated carbocycles. The van der Waals surface area contributed by atoms with Crippen LogP contribution in [0.25, 0.3) is 0 Å². The summed E-state index contributed by atoms with van der Waals surface area (Å²) in [5.74, 6) is 0.711. The second kappa shape index (κ2) is 11.3. The van der Waals surface area contributed by atoms with Gasteiger partial charge in [0.15, 0.2) is 5.11 Å². The zero-order valence-corrected chi connectivity index (χ0v) is 20.3. The molecule has 2 aromatic rings. The highest BCUT2D eigenvalue weighted by Gasteiger charge is 2.13. The fourth-order valence-electron chi connectivity index (χ4n) is 3.73. The molecule has 1 amide bonds. The molecule has 0 atom stereocenters. The Labute approximate surface area is 197 Å². The summed E-state index contributed by atoms with van der Waals surface area (Å²) in [6, 6.07) is 16.3. The lowest BCUT2D eigenvalue weighted by atomic mass is 9.87. The van der Waals surface area contributed by atoms with E-state index in [0.717, 1.165) is 24.5 Å². The van der Waals surface area contributed by atoms with Gasteiger partial charge < -0.3 is 20.3 Å². The van der Waals surface area contributed by atoms with E-state index in [2.05, 4.69) is 60.6 Å². The van der Waals surface area contributed by atoms with Crippen LogP contribution in [0.4, 0.5) is 11.4 Å². The van der Waals surface area contributed by atoms with Crippen LogP contribution in [-0.2, 0) is 10.2 Å². The molecule has 0 aliphatic carbocycles. The third-order valence-corrected chi connectivity index (χ3v) is 5.84. The molecule has 0 aromatic heterocycles. The van der Waals surface area contributed by atoms with Gasteiger partial charge in [-0.25, -0.2) is 0 Å². The number of rotatable bonds is 7. The molecule has 0 spiro atoms. The third kappa shape index (κ3) is 7.52. The average molecular weight is 454 g/mol. The molecule has 1 saturated heterocycles. The smallest absolute Gasteiger partial charge is 0.226 e. The molecular formula is C26H35N3O2S. The molecule has 0 bridgehead atoms. The lowest BCUT2D eigenvalue weighted by Gasteiger charge is -2.28. The predicted octanol–water partition coefficient (Wildman–Crippen LogP) is 5.65. The Morgan fingerprint density at radius 3 is 2.28 bits per heavy atom. The van der Waals surface area contributed by atoms with Gasteiger partial charge in [-0.3, -0.25) is 4.79 Å². The summed E-state index contributed by atoms with van der Waals surface area (Å²) in [4.78, 5) is 14.6. The first-order valence-electron chi connectivity index (χ1n) is 11.5. The largest absolute Gasteiger partial charge is 0.494 e. The van der Waals surface area contributed by atoms with E-state index < -0.39 is 0 Å². The summed E-state index contributed by atoms with van der Waals surface area (Å²) in [7, 11) is 0. The Morgan fingerprint density at radius 1 is 1.00 bits per heavy atom. The van der Waals surface area contributed by atoms with Gasteiger partial charge in [-0.15, -0.1) is 0 Å². The van der Waals surface area contributed by atoms with Crippen molar-refractivity contribution in [3.63, 3.8) is 0 Å². The van der Waals surface area contributed by atoms with Crippen molar-refractivity contribution in [3.8, 4) is 5.75 Å². The summed E-state index contributed by atoms with van der Waals surface area (Å²) in [6.07, 6.45) is 4.81. The van der Waals surface area contributed by atoms with Gasteiger partial charge >= 0.3 is 0 Å². The van der Waals surface area contributed by atoms with Crippen LogP contribution < -0.4 is 20.3 Å². The quantitative estimate of drug-likeness (QED) is 0.419. The minimum absolute atomic E-state index is 0.112. The highest BCUT2D eigenvalue weighted by atomic mass is 32.1. The first-order chi connectivity index (χ1) is 15.3. The molecule has 32 heavy (non-hydrogen) atoms. The van der Waals surface area contributed by atoms with E-state index in [1.807, 2.05) is 24.3 Å². The van der Waals surface area contributed by atoms with Crippen LogP contribution >= 0.6 is 12.2 Å². The van der Waals surface area contributed by atoms with E-state index in [0.29, 0.717) is 24.6 Å². The maximum absolute atomic E-state index is 12.2. The fourth-order valence-corrected chi connectivity index (χ4v) is 3.96. The maximum atomic E-state index is 12.2. The number of piperidine rings is 1. The van der Waals surface area contributed by atoms with Crippen LogP contribution in [0.1, 0.15) is 58.4 Å². The number of amides is 1. The highest BCUT2D eigenvalue weighted by molar-refractivity contribution is 7.80. The molecule has 6 heteroatoms. The first kappa shape index (κ1) is 24.1. The Morgan fingerprint density at radius 2 is 1.66 bits per heavy atom. The number of carbonyl (C=O) groups excluding carboxylic acids is 1. The molecule has 3 rings (SSSR count).